The number of nitrogens with zero attached hydrogens (tertiary/aromatic N) is 3. The van der Waals surface area contributed by atoms with Crippen LogP contribution in [-0.4, -0.2) is 46.0 Å². The van der Waals surface area contributed by atoms with Crippen molar-refractivity contribution in [1.82, 2.24) is 8.12 Å². The molecule has 118 valence electrons. The molecule has 0 saturated heterocycles. The van der Waals surface area contributed by atoms with Gasteiger partial charge in [-0.2, -0.15) is 12.8 Å². The van der Waals surface area contributed by atoms with Crippen LogP contribution >= 0.6 is 23.4 Å². The Balaban J connectivity index is 2.23. The fourth-order valence-corrected chi connectivity index (χ4v) is 6.89. The van der Waals surface area contributed by atoms with Crippen molar-refractivity contribution in [2.24, 2.45) is 5.10 Å². The highest BCUT2D eigenvalue weighted by molar-refractivity contribution is 8.18. The Morgan fingerprint density at radius 3 is 2.77 bits per heavy atom. The molecule has 1 unspecified atom stereocenters. The molecule has 0 bridgehead atoms. The smallest absolute Gasteiger partial charge is 0.339 e. The molecule has 3 rings (SSSR count). The molecule has 1 atom stereocenters. The first kappa shape index (κ1) is 15.6. The Morgan fingerprint density at radius 1 is 1.45 bits per heavy atom. The van der Waals surface area contributed by atoms with E-state index < -0.39 is 27.2 Å². The van der Waals surface area contributed by atoms with E-state index in [1.54, 1.807) is 0 Å². The van der Waals surface area contributed by atoms with Gasteiger partial charge in [0.15, 0.2) is 0 Å². The summed E-state index contributed by atoms with van der Waals surface area (Å²) >= 11 is 5.02. The second kappa shape index (κ2) is 5.11. The molecule has 2 aliphatic heterocycles. The maximum absolute atomic E-state index is 12.6. The molecular weight excluding hydrogens is 374 g/mol. The summed E-state index contributed by atoms with van der Waals surface area (Å²) in [6.07, 6.45) is 0. The van der Waals surface area contributed by atoms with Crippen LogP contribution in [0.15, 0.2) is 27.0 Å². The summed E-state index contributed by atoms with van der Waals surface area (Å²) in [5, 5.41) is 4.04. The van der Waals surface area contributed by atoms with E-state index in [-0.39, 0.29) is 20.6 Å². The molecule has 2 aliphatic rings. The largest absolute Gasteiger partial charge is 0.465 e. The fraction of sp³-hybridized carbons (Fsp3) is 0.200. The summed E-state index contributed by atoms with van der Waals surface area (Å²) in [6, 6.07) is 2.48. The number of amidine groups is 1. The number of sulfonamides is 1. The molecule has 1 aromatic carbocycles. The second-order valence-corrected chi connectivity index (χ2v) is 8.94. The van der Waals surface area contributed by atoms with Crippen molar-refractivity contribution in [2.45, 2.75) is 9.79 Å². The van der Waals surface area contributed by atoms with Crippen molar-refractivity contribution in [1.29, 1.82) is 0 Å². The highest BCUT2D eigenvalue weighted by Crippen LogP contribution is 2.43. The number of benzene rings is 1. The van der Waals surface area contributed by atoms with Gasteiger partial charge in [-0.05, 0) is 23.9 Å². The van der Waals surface area contributed by atoms with E-state index in [1.807, 2.05) is 0 Å². The van der Waals surface area contributed by atoms with E-state index in [0.29, 0.717) is 8.61 Å². The van der Waals surface area contributed by atoms with Crippen LogP contribution in [0.4, 0.5) is 0 Å². The topological polar surface area (TPSA) is 96.3 Å². The summed E-state index contributed by atoms with van der Waals surface area (Å²) < 4.78 is 43.6. The zero-order valence-corrected chi connectivity index (χ0v) is 14.3. The summed E-state index contributed by atoms with van der Waals surface area (Å²) in [7, 11) is -1.55. The molecule has 0 saturated carbocycles. The zero-order chi connectivity index (χ0) is 16.2. The van der Waals surface area contributed by atoms with E-state index in [9.17, 15) is 17.4 Å². The lowest BCUT2D eigenvalue weighted by molar-refractivity contribution is 0.0600. The zero-order valence-electron chi connectivity index (χ0n) is 11.1. The number of carbonyl (C=O) groups is 1. The molecule has 0 amide bonds. The lowest BCUT2D eigenvalue weighted by Crippen LogP contribution is -2.38. The van der Waals surface area contributed by atoms with Crippen LogP contribution in [0.2, 0.25) is 5.02 Å². The normalized spacial score (nSPS) is 22.0. The standard InChI is InChI=1S/C10H8ClN3O5S3/c1-13-12-10-14(21(13)16)22(17,18)8-3-5(9(15)19-2)6(11)4-7(8)20-10/h3-4H,1-2H3. The number of hydrogen-bond donors (Lipinski definition) is 0. The Morgan fingerprint density at radius 2 is 2.14 bits per heavy atom. The number of esters is 1. The molecule has 0 spiro atoms. The number of hydrogen-bond acceptors (Lipinski definition) is 7. The molecule has 12 heteroatoms. The average Bonchev–Trinajstić information content (AvgIpc) is 2.73. The van der Waals surface area contributed by atoms with Gasteiger partial charge in [-0.25, -0.2) is 9.00 Å². The van der Waals surface area contributed by atoms with E-state index >= 15 is 0 Å². The summed E-state index contributed by atoms with van der Waals surface area (Å²) in [5.74, 6) is -0.757. The third-order valence-electron chi connectivity index (χ3n) is 2.89. The molecule has 1 aromatic rings. The first-order valence-electron chi connectivity index (χ1n) is 5.66. The Labute approximate surface area is 137 Å². The van der Waals surface area contributed by atoms with Gasteiger partial charge in [-0.1, -0.05) is 11.6 Å². The maximum atomic E-state index is 12.6. The van der Waals surface area contributed by atoms with Gasteiger partial charge in [0.25, 0.3) is 21.2 Å². The second-order valence-electron chi connectivity index (χ2n) is 4.18. The van der Waals surface area contributed by atoms with Crippen LogP contribution in [0.3, 0.4) is 0 Å². The molecule has 22 heavy (non-hydrogen) atoms. The number of thioether (sulfide) groups is 1. The van der Waals surface area contributed by atoms with Gasteiger partial charge < -0.3 is 4.74 Å². The first-order chi connectivity index (χ1) is 10.3. The maximum Gasteiger partial charge on any atom is 0.339 e. The minimum Gasteiger partial charge on any atom is -0.465 e. The van der Waals surface area contributed by atoms with Crippen molar-refractivity contribution in [2.75, 3.05) is 14.2 Å². The molecule has 2 heterocycles. The molecule has 0 fully saturated rings. The predicted octanol–water partition coefficient (Wildman–Crippen LogP) is 1.02. The van der Waals surface area contributed by atoms with Crippen molar-refractivity contribution in [3.63, 3.8) is 0 Å². The number of carbonyl (C=O) groups excluding carboxylic acids is 1. The van der Waals surface area contributed by atoms with Crippen LogP contribution < -0.4 is 0 Å². The van der Waals surface area contributed by atoms with E-state index in [2.05, 4.69) is 9.84 Å². The fourth-order valence-electron chi connectivity index (χ4n) is 1.88. The van der Waals surface area contributed by atoms with Crippen molar-refractivity contribution in [3.8, 4) is 0 Å². The Kier molecular flexibility index (Phi) is 3.62. The van der Waals surface area contributed by atoms with Gasteiger partial charge in [0, 0.05) is 11.9 Å². The molecule has 0 N–H and O–H groups in total. The van der Waals surface area contributed by atoms with Crippen LogP contribution in [0.25, 0.3) is 0 Å². The van der Waals surface area contributed by atoms with Gasteiger partial charge in [0.1, 0.15) is 4.90 Å². The summed E-state index contributed by atoms with van der Waals surface area (Å²) in [5.41, 5.74) is -0.0779. The molecule has 8 nitrogen and oxygen atoms in total. The van der Waals surface area contributed by atoms with Gasteiger partial charge in [0.05, 0.1) is 17.7 Å². The predicted molar refractivity (Wildman–Crippen MR) is 81.0 cm³/mol. The summed E-state index contributed by atoms with van der Waals surface area (Å²) in [6.45, 7) is 0. The third kappa shape index (κ3) is 2.11. The minimum atomic E-state index is -4.11. The molecule has 0 radical (unpaired) electrons. The average molecular weight is 382 g/mol. The van der Waals surface area contributed by atoms with Crippen LogP contribution in [0.5, 0.6) is 0 Å². The molecule has 0 aliphatic carbocycles. The van der Waals surface area contributed by atoms with Crippen LogP contribution in [0.1, 0.15) is 10.4 Å². The van der Waals surface area contributed by atoms with Gasteiger partial charge >= 0.3 is 5.97 Å². The van der Waals surface area contributed by atoms with Crippen molar-refractivity contribution in [3.05, 3.63) is 22.7 Å². The number of rotatable bonds is 1. The van der Waals surface area contributed by atoms with Crippen molar-refractivity contribution >= 4 is 55.7 Å². The quantitative estimate of drug-likeness (QED) is 0.674. The van der Waals surface area contributed by atoms with Crippen LogP contribution in [-0.2, 0) is 25.9 Å². The highest BCUT2D eigenvalue weighted by atomic mass is 35.5. The lowest BCUT2D eigenvalue weighted by Gasteiger charge is -2.24. The number of hydrazone groups is 1. The lowest BCUT2D eigenvalue weighted by atomic mass is 10.2. The van der Waals surface area contributed by atoms with Gasteiger partial charge in [0.2, 0.25) is 5.17 Å². The number of fused-ring (bicyclic) bond motifs is 2. The molecular formula is C10H8ClN3O5S3. The van der Waals surface area contributed by atoms with Crippen molar-refractivity contribution < 1.29 is 22.2 Å². The summed E-state index contributed by atoms with van der Waals surface area (Å²) in [4.78, 5) is 11.8. The van der Waals surface area contributed by atoms with Gasteiger partial charge in [-0.15, -0.1) is 8.81 Å². The van der Waals surface area contributed by atoms with E-state index in [0.717, 1.165) is 29.4 Å². The SMILES string of the molecule is COC(=O)c1cc2c(cc1Cl)SC1=NN(C)S(=O)N1S2(=O)=O. The first-order valence-corrected chi connectivity index (χ1v) is 9.36. The number of ether oxygens (including phenoxy) is 1. The Bertz CT molecular complexity index is 854. The van der Waals surface area contributed by atoms with Crippen LogP contribution in [0, 0.1) is 0 Å². The Hall–Kier alpha value is -1.30. The van der Waals surface area contributed by atoms with E-state index in [1.165, 1.54) is 13.1 Å². The van der Waals surface area contributed by atoms with Gasteiger partial charge in [-0.3, -0.25) is 0 Å². The highest BCUT2D eigenvalue weighted by Gasteiger charge is 2.46. The number of methoxy groups -OCH3 is 1. The number of halogens is 1. The molecule has 0 aromatic heterocycles. The third-order valence-corrected chi connectivity index (χ3v) is 8.03. The monoisotopic (exact) mass is 381 g/mol. The van der Waals surface area contributed by atoms with E-state index in [4.69, 9.17) is 11.6 Å². The minimum absolute atomic E-state index is 0.0647.